The molecule has 1 heterocycles. The number of aromatic nitrogens is 1. The Bertz CT molecular complexity index is 402. The molecule has 1 aromatic rings. The van der Waals surface area contributed by atoms with E-state index in [4.69, 9.17) is 0 Å². The number of hydrogen-bond donors (Lipinski definition) is 0. The standard InChI is InChI=1S/C13H17N3/c1-5-7-11(2)15-13(16(3)4)12-8-6-9-14-10-12/h5-10H,1H2,2-4H3/b11-7+,15-13-. The first-order valence-electron chi connectivity index (χ1n) is 5.11. The number of amidine groups is 1. The molecule has 0 N–H and O–H groups in total. The second kappa shape index (κ2) is 5.85. The van der Waals surface area contributed by atoms with Crippen molar-refractivity contribution in [1.29, 1.82) is 0 Å². The van der Waals surface area contributed by atoms with Gasteiger partial charge in [-0.05, 0) is 25.1 Å². The molecule has 3 nitrogen and oxygen atoms in total. The molecule has 0 radical (unpaired) electrons. The van der Waals surface area contributed by atoms with E-state index in [2.05, 4.69) is 16.6 Å². The summed E-state index contributed by atoms with van der Waals surface area (Å²) in [5.41, 5.74) is 1.92. The van der Waals surface area contributed by atoms with Gasteiger partial charge >= 0.3 is 0 Å². The van der Waals surface area contributed by atoms with Crippen LogP contribution in [0.4, 0.5) is 0 Å². The SMILES string of the molecule is C=C/C=C(C)/N=C(/c1cccnc1)N(C)C. The molecular weight excluding hydrogens is 198 g/mol. The number of aliphatic imine (C=N–C) groups is 1. The van der Waals surface area contributed by atoms with Crippen molar-refractivity contribution in [3.05, 3.63) is 54.5 Å². The third kappa shape index (κ3) is 3.35. The van der Waals surface area contributed by atoms with Gasteiger partial charge in [0, 0.05) is 37.7 Å². The molecule has 0 atom stereocenters. The van der Waals surface area contributed by atoms with Crippen LogP contribution in [0, 0.1) is 0 Å². The van der Waals surface area contributed by atoms with Crippen molar-refractivity contribution in [3.63, 3.8) is 0 Å². The Labute approximate surface area is 96.8 Å². The maximum absolute atomic E-state index is 4.53. The predicted molar refractivity (Wildman–Crippen MR) is 68.4 cm³/mol. The molecular formula is C13H17N3. The van der Waals surface area contributed by atoms with Gasteiger partial charge in [0.2, 0.25) is 0 Å². The lowest BCUT2D eigenvalue weighted by atomic mass is 10.2. The minimum Gasteiger partial charge on any atom is -0.362 e. The molecule has 16 heavy (non-hydrogen) atoms. The van der Waals surface area contributed by atoms with Crippen LogP contribution in [0.1, 0.15) is 12.5 Å². The molecule has 3 heteroatoms. The normalized spacial score (nSPS) is 12.4. The van der Waals surface area contributed by atoms with Gasteiger partial charge in [0.15, 0.2) is 0 Å². The van der Waals surface area contributed by atoms with Gasteiger partial charge in [-0.15, -0.1) is 0 Å². The molecule has 0 spiro atoms. The van der Waals surface area contributed by atoms with Crippen molar-refractivity contribution in [2.45, 2.75) is 6.92 Å². The van der Waals surface area contributed by atoms with Gasteiger partial charge in [0.25, 0.3) is 0 Å². The van der Waals surface area contributed by atoms with Crippen LogP contribution in [0.3, 0.4) is 0 Å². The van der Waals surface area contributed by atoms with Gasteiger partial charge in [0.05, 0.1) is 0 Å². The van der Waals surface area contributed by atoms with Crippen LogP contribution in [0.2, 0.25) is 0 Å². The molecule has 0 aliphatic rings. The van der Waals surface area contributed by atoms with Crippen LogP contribution in [0.5, 0.6) is 0 Å². The first-order chi connectivity index (χ1) is 7.65. The summed E-state index contributed by atoms with van der Waals surface area (Å²) in [7, 11) is 3.93. The van der Waals surface area contributed by atoms with E-state index in [0.29, 0.717) is 0 Å². The first kappa shape index (κ1) is 12.2. The smallest absolute Gasteiger partial charge is 0.137 e. The maximum Gasteiger partial charge on any atom is 0.137 e. The Hall–Kier alpha value is -1.90. The molecule has 0 aliphatic carbocycles. The van der Waals surface area contributed by atoms with Crippen molar-refractivity contribution >= 4 is 5.84 Å². The van der Waals surface area contributed by atoms with E-state index in [1.165, 1.54) is 0 Å². The Morgan fingerprint density at radius 3 is 2.75 bits per heavy atom. The van der Waals surface area contributed by atoms with Crippen LogP contribution >= 0.6 is 0 Å². The van der Waals surface area contributed by atoms with Crippen molar-refractivity contribution in [3.8, 4) is 0 Å². The Morgan fingerprint density at radius 1 is 1.50 bits per heavy atom. The van der Waals surface area contributed by atoms with Gasteiger partial charge in [0.1, 0.15) is 5.84 Å². The third-order valence-electron chi connectivity index (χ3n) is 1.98. The molecule has 84 valence electrons. The minimum atomic E-state index is 0.892. The molecule has 0 saturated carbocycles. The quantitative estimate of drug-likeness (QED) is 0.440. The van der Waals surface area contributed by atoms with E-state index in [0.717, 1.165) is 17.1 Å². The van der Waals surface area contributed by atoms with Crippen LogP contribution in [0.25, 0.3) is 0 Å². The fraction of sp³-hybridized carbons (Fsp3) is 0.231. The second-order valence-corrected chi connectivity index (χ2v) is 3.62. The molecule has 1 aromatic heterocycles. The van der Waals surface area contributed by atoms with Crippen molar-refractivity contribution in [2.75, 3.05) is 14.1 Å². The van der Waals surface area contributed by atoms with E-state index in [1.54, 1.807) is 18.5 Å². The molecule has 0 saturated heterocycles. The van der Waals surface area contributed by atoms with Gasteiger partial charge in [-0.2, -0.15) is 0 Å². The number of pyridine rings is 1. The van der Waals surface area contributed by atoms with Crippen LogP contribution in [-0.2, 0) is 0 Å². The zero-order valence-electron chi connectivity index (χ0n) is 10.0. The molecule has 0 amide bonds. The molecule has 1 rings (SSSR count). The average Bonchev–Trinajstić information content (AvgIpc) is 2.27. The number of nitrogens with zero attached hydrogens (tertiary/aromatic N) is 3. The fourth-order valence-corrected chi connectivity index (χ4v) is 1.29. The fourth-order valence-electron chi connectivity index (χ4n) is 1.29. The van der Waals surface area contributed by atoms with Gasteiger partial charge in [-0.25, -0.2) is 4.99 Å². The van der Waals surface area contributed by atoms with E-state index in [1.807, 2.05) is 44.1 Å². The largest absolute Gasteiger partial charge is 0.362 e. The van der Waals surface area contributed by atoms with E-state index < -0.39 is 0 Å². The minimum absolute atomic E-state index is 0.892. The molecule has 0 aromatic carbocycles. The third-order valence-corrected chi connectivity index (χ3v) is 1.98. The summed E-state index contributed by atoms with van der Waals surface area (Å²) < 4.78 is 0. The van der Waals surface area contributed by atoms with Crippen LogP contribution in [0.15, 0.2) is 53.9 Å². The highest BCUT2D eigenvalue weighted by molar-refractivity contribution is 5.98. The summed E-state index contributed by atoms with van der Waals surface area (Å²) >= 11 is 0. The van der Waals surface area contributed by atoms with Crippen molar-refractivity contribution in [1.82, 2.24) is 9.88 Å². The summed E-state index contributed by atoms with van der Waals surface area (Å²) in [5, 5.41) is 0. The lowest BCUT2D eigenvalue weighted by Crippen LogP contribution is -2.23. The molecule has 0 fully saturated rings. The lowest BCUT2D eigenvalue weighted by Gasteiger charge is -2.15. The number of allylic oxidation sites excluding steroid dienone is 3. The topological polar surface area (TPSA) is 28.5 Å². The van der Waals surface area contributed by atoms with Crippen molar-refractivity contribution in [2.24, 2.45) is 4.99 Å². The highest BCUT2D eigenvalue weighted by atomic mass is 15.1. The Balaban J connectivity index is 3.10. The van der Waals surface area contributed by atoms with Crippen LogP contribution < -0.4 is 0 Å². The van der Waals surface area contributed by atoms with Gasteiger partial charge in [-0.1, -0.05) is 12.7 Å². The number of hydrogen-bond acceptors (Lipinski definition) is 2. The molecule has 0 aliphatic heterocycles. The van der Waals surface area contributed by atoms with Gasteiger partial charge in [-0.3, -0.25) is 4.98 Å². The first-order valence-corrected chi connectivity index (χ1v) is 5.11. The summed E-state index contributed by atoms with van der Waals surface area (Å²) in [6.45, 7) is 5.60. The summed E-state index contributed by atoms with van der Waals surface area (Å²) in [5.74, 6) is 0.892. The highest BCUT2D eigenvalue weighted by Crippen LogP contribution is 2.05. The monoisotopic (exact) mass is 215 g/mol. The summed E-state index contributed by atoms with van der Waals surface area (Å²) in [6.07, 6.45) is 7.17. The Morgan fingerprint density at radius 2 is 2.25 bits per heavy atom. The average molecular weight is 215 g/mol. The second-order valence-electron chi connectivity index (χ2n) is 3.62. The van der Waals surface area contributed by atoms with Gasteiger partial charge < -0.3 is 4.90 Å². The van der Waals surface area contributed by atoms with E-state index in [9.17, 15) is 0 Å². The van der Waals surface area contributed by atoms with E-state index in [-0.39, 0.29) is 0 Å². The molecule has 0 unspecified atom stereocenters. The predicted octanol–water partition coefficient (Wildman–Crippen LogP) is 2.48. The van der Waals surface area contributed by atoms with Crippen molar-refractivity contribution < 1.29 is 0 Å². The zero-order valence-corrected chi connectivity index (χ0v) is 10.0. The summed E-state index contributed by atoms with van der Waals surface area (Å²) in [4.78, 5) is 10.6. The Kier molecular flexibility index (Phi) is 4.45. The lowest BCUT2D eigenvalue weighted by molar-refractivity contribution is 0.622. The summed E-state index contributed by atoms with van der Waals surface area (Å²) in [6, 6.07) is 3.90. The number of rotatable bonds is 3. The highest BCUT2D eigenvalue weighted by Gasteiger charge is 2.05. The van der Waals surface area contributed by atoms with Crippen LogP contribution in [-0.4, -0.2) is 29.8 Å². The molecule has 0 bridgehead atoms. The maximum atomic E-state index is 4.53. The zero-order chi connectivity index (χ0) is 12.0. The van der Waals surface area contributed by atoms with E-state index >= 15 is 0 Å².